The number of nitrogens with one attached hydrogen (secondary N) is 1. The molecule has 112 valence electrons. The lowest BCUT2D eigenvalue weighted by molar-refractivity contribution is 0.166. The van der Waals surface area contributed by atoms with Crippen molar-refractivity contribution in [3.63, 3.8) is 0 Å². The first kappa shape index (κ1) is 15.5. The molecule has 1 saturated carbocycles. The van der Waals surface area contributed by atoms with Gasteiger partial charge in [-0.2, -0.15) is 0 Å². The third-order valence-corrected chi connectivity index (χ3v) is 4.65. The molecule has 0 spiro atoms. The van der Waals surface area contributed by atoms with Crippen LogP contribution in [-0.4, -0.2) is 12.1 Å². The van der Waals surface area contributed by atoms with Crippen LogP contribution >= 0.6 is 0 Å². The maximum absolute atomic E-state index is 6.13. The van der Waals surface area contributed by atoms with Gasteiger partial charge < -0.3 is 11.1 Å². The first-order valence-corrected chi connectivity index (χ1v) is 8.12. The lowest BCUT2D eigenvalue weighted by Gasteiger charge is -2.42. The van der Waals surface area contributed by atoms with Gasteiger partial charge in [-0.15, -0.1) is 0 Å². The minimum absolute atomic E-state index is 0.160. The summed E-state index contributed by atoms with van der Waals surface area (Å²) >= 11 is 0. The highest BCUT2D eigenvalue weighted by atomic mass is 15.0. The molecule has 20 heavy (non-hydrogen) atoms. The van der Waals surface area contributed by atoms with E-state index < -0.39 is 0 Å². The Bertz CT molecular complexity index is 388. The van der Waals surface area contributed by atoms with Gasteiger partial charge in [0.05, 0.1) is 0 Å². The van der Waals surface area contributed by atoms with E-state index >= 15 is 0 Å². The first-order chi connectivity index (χ1) is 9.63. The van der Waals surface area contributed by atoms with Gasteiger partial charge in [0, 0.05) is 18.6 Å². The van der Waals surface area contributed by atoms with Crippen LogP contribution in [0.3, 0.4) is 0 Å². The summed E-state index contributed by atoms with van der Waals surface area (Å²) in [6, 6.07) is 10.7. The van der Waals surface area contributed by atoms with Gasteiger partial charge in [-0.05, 0) is 36.7 Å². The summed E-state index contributed by atoms with van der Waals surface area (Å²) in [5, 5.41) is 3.78. The molecule has 0 heterocycles. The molecule has 1 aliphatic carbocycles. The largest absolute Gasteiger partial charge is 0.329 e. The van der Waals surface area contributed by atoms with Gasteiger partial charge in [-0.1, -0.05) is 57.0 Å². The lowest BCUT2D eigenvalue weighted by atomic mass is 9.73. The van der Waals surface area contributed by atoms with Crippen molar-refractivity contribution in [1.29, 1.82) is 0 Å². The van der Waals surface area contributed by atoms with Crippen LogP contribution in [0.5, 0.6) is 0 Å². The Morgan fingerprint density at radius 2 is 2.05 bits per heavy atom. The summed E-state index contributed by atoms with van der Waals surface area (Å²) < 4.78 is 0. The van der Waals surface area contributed by atoms with Crippen LogP contribution in [0, 0.1) is 11.8 Å². The maximum Gasteiger partial charge on any atom is 0.0309 e. The summed E-state index contributed by atoms with van der Waals surface area (Å²) in [7, 11) is 0. The molecule has 0 aromatic heterocycles. The van der Waals surface area contributed by atoms with E-state index in [4.69, 9.17) is 5.73 Å². The number of nitrogens with two attached hydrogens (primary N) is 1. The number of benzene rings is 1. The van der Waals surface area contributed by atoms with Gasteiger partial charge in [0.15, 0.2) is 0 Å². The lowest BCUT2D eigenvalue weighted by Crippen LogP contribution is -2.53. The van der Waals surface area contributed by atoms with Crippen molar-refractivity contribution in [1.82, 2.24) is 5.32 Å². The molecule has 1 aromatic carbocycles. The smallest absolute Gasteiger partial charge is 0.0309 e. The second-order valence-corrected chi connectivity index (χ2v) is 6.92. The molecule has 2 nitrogen and oxygen atoms in total. The highest BCUT2D eigenvalue weighted by Crippen LogP contribution is 2.35. The second-order valence-electron chi connectivity index (χ2n) is 6.92. The Balaban J connectivity index is 1.94. The van der Waals surface area contributed by atoms with E-state index in [2.05, 4.69) is 49.5 Å². The minimum Gasteiger partial charge on any atom is -0.329 e. The summed E-state index contributed by atoms with van der Waals surface area (Å²) in [5.74, 6) is 1.64. The van der Waals surface area contributed by atoms with E-state index in [0.29, 0.717) is 0 Å². The predicted molar refractivity (Wildman–Crippen MR) is 86.5 cm³/mol. The van der Waals surface area contributed by atoms with Crippen molar-refractivity contribution in [2.75, 3.05) is 6.54 Å². The normalized spacial score (nSPS) is 26.9. The van der Waals surface area contributed by atoms with Crippen LogP contribution in [0.2, 0.25) is 0 Å². The molecular formula is C18H30N2. The Labute approximate surface area is 124 Å². The molecule has 3 N–H and O–H groups in total. The van der Waals surface area contributed by atoms with Crippen molar-refractivity contribution in [3.05, 3.63) is 35.9 Å². The molecular weight excluding hydrogens is 244 g/mol. The van der Waals surface area contributed by atoms with Crippen LogP contribution < -0.4 is 11.1 Å². The Morgan fingerprint density at radius 3 is 2.70 bits per heavy atom. The first-order valence-electron chi connectivity index (χ1n) is 8.12. The minimum atomic E-state index is 0.160. The molecule has 0 bridgehead atoms. The Hall–Kier alpha value is -0.860. The topological polar surface area (TPSA) is 38.0 Å². The number of hydrogen-bond acceptors (Lipinski definition) is 2. The summed E-state index contributed by atoms with van der Waals surface area (Å²) in [5.41, 5.74) is 7.65. The summed E-state index contributed by atoms with van der Waals surface area (Å²) in [6.45, 7) is 6.35. The van der Waals surface area contributed by atoms with E-state index in [9.17, 15) is 0 Å². The fourth-order valence-electron chi connectivity index (χ4n) is 3.66. The number of rotatable bonds is 6. The molecule has 2 heteroatoms. The van der Waals surface area contributed by atoms with E-state index in [1.54, 1.807) is 0 Å². The SMILES string of the molecule is CC(C)CC1CCCC(CN)(NCc2ccccc2)C1. The van der Waals surface area contributed by atoms with Crippen LogP contribution in [0.15, 0.2) is 30.3 Å². The molecule has 0 radical (unpaired) electrons. The molecule has 0 aliphatic heterocycles. The van der Waals surface area contributed by atoms with Crippen LogP contribution in [0.25, 0.3) is 0 Å². The van der Waals surface area contributed by atoms with Gasteiger partial charge in [0.2, 0.25) is 0 Å². The molecule has 2 atom stereocenters. The average molecular weight is 274 g/mol. The quantitative estimate of drug-likeness (QED) is 0.830. The molecule has 1 aliphatic rings. The van der Waals surface area contributed by atoms with E-state index in [0.717, 1.165) is 24.9 Å². The third kappa shape index (κ3) is 4.32. The predicted octanol–water partition coefficient (Wildman–Crippen LogP) is 3.71. The van der Waals surface area contributed by atoms with Gasteiger partial charge in [-0.3, -0.25) is 0 Å². The summed E-state index contributed by atoms with van der Waals surface area (Å²) in [4.78, 5) is 0. The zero-order valence-electron chi connectivity index (χ0n) is 13.1. The van der Waals surface area contributed by atoms with Crippen molar-refractivity contribution < 1.29 is 0 Å². The van der Waals surface area contributed by atoms with Gasteiger partial charge >= 0.3 is 0 Å². The zero-order valence-corrected chi connectivity index (χ0v) is 13.1. The highest BCUT2D eigenvalue weighted by molar-refractivity contribution is 5.15. The van der Waals surface area contributed by atoms with Gasteiger partial charge in [-0.25, -0.2) is 0 Å². The fourth-order valence-corrected chi connectivity index (χ4v) is 3.66. The fraction of sp³-hybridized carbons (Fsp3) is 0.667. The van der Waals surface area contributed by atoms with Gasteiger partial charge in [0.1, 0.15) is 0 Å². The second kappa shape index (κ2) is 7.24. The van der Waals surface area contributed by atoms with E-state index in [1.165, 1.54) is 37.7 Å². The van der Waals surface area contributed by atoms with Crippen LogP contribution in [-0.2, 0) is 6.54 Å². The number of hydrogen-bond donors (Lipinski definition) is 2. The molecule has 0 saturated heterocycles. The van der Waals surface area contributed by atoms with E-state index in [-0.39, 0.29) is 5.54 Å². The third-order valence-electron chi connectivity index (χ3n) is 4.65. The Morgan fingerprint density at radius 1 is 1.30 bits per heavy atom. The average Bonchev–Trinajstić information content (AvgIpc) is 2.46. The Kier molecular flexibility index (Phi) is 5.62. The molecule has 1 fully saturated rings. The summed E-state index contributed by atoms with van der Waals surface area (Å²) in [6.07, 6.45) is 6.51. The highest BCUT2D eigenvalue weighted by Gasteiger charge is 2.34. The zero-order chi connectivity index (χ0) is 14.4. The molecule has 2 rings (SSSR count). The standard InChI is InChI=1S/C18H30N2/c1-15(2)11-17-9-6-10-18(12-17,14-19)20-13-16-7-4-3-5-8-16/h3-5,7-8,15,17,20H,6,9-14,19H2,1-2H3. The van der Waals surface area contributed by atoms with E-state index in [1.807, 2.05) is 0 Å². The van der Waals surface area contributed by atoms with Crippen molar-refractivity contribution >= 4 is 0 Å². The van der Waals surface area contributed by atoms with Crippen molar-refractivity contribution in [2.45, 2.75) is 58.0 Å². The van der Waals surface area contributed by atoms with Crippen molar-refractivity contribution in [2.24, 2.45) is 17.6 Å². The van der Waals surface area contributed by atoms with Crippen molar-refractivity contribution in [3.8, 4) is 0 Å². The van der Waals surface area contributed by atoms with Crippen LogP contribution in [0.4, 0.5) is 0 Å². The maximum atomic E-state index is 6.13. The molecule has 1 aromatic rings. The van der Waals surface area contributed by atoms with Crippen LogP contribution in [0.1, 0.15) is 51.5 Å². The molecule has 2 unspecified atom stereocenters. The van der Waals surface area contributed by atoms with Gasteiger partial charge in [0.25, 0.3) is 0 Å². The molecule has 0 amide bonds. The monoisotopic (exact) mass is 274 g/mol.